The van der Waals surface area contributed by atoms with Crippen LogP contribution in [0, 0.1) is 13.8 Å². The summed E-state index contributed by atoms with van der Waals surface area (Å²) in [6, 6.07) is 0.803. The van der Waals surface area contributed by atoms with Crippen molar-refractivity contribution in [3.63, 3.8) is 0 Å². The van der Waals surface area contributed by atoms with Gasteiger partial charge in [-0.1, -0.05) is 12.8 Å². The van der Waals surface area contributed by atoms with Gasteiger partial charge in [0, 0.05) is 25.6 Å². The first-order valence-corrected chi connectivity index (χ1v) is 9.91. The Kier molecular flexibility index (Phi) is 5.09. The Hall–Kier alpha value is -2.45. The fourth-order valence-electron chi connectivity index (χ4n) is 3.88. The van der Waals surface area contributed by atoms with Gasteiger partial charge in [-0.05, 0) is 33.1 Å². The van der Waals surface area contributed by atoms with Gasteiger partial charge in [-0.2, -0.15) is 5.10 Å². The molecule has 0 bridgehead atoms. The highest BCUT2D eigenvalue weighted by molar-refractivity contribution is 5.80. The maximum absolute atomic E-state index is 4.81. The van der Waals surface area contributed by atoms with Crippen molar-refractivity contribution in [1.82, 2.24) is 40.2 Å². The topological polar surface area (TPSA) is 97.8 Å². The van der Waals surface area contributed by atoms with Crippen LogP contribution in [-0.2, 0) is 26.6 Å². The van der Waals surface area contributed by atoms with Crippen LogP contribution in [0.15, 0.2) is 4.99 Å². The van der Waals surface area contributed by atoms with E-state index < -0.39 is 0 Å². The van der Waals surface area contributed by atoms with Gasteiger partial charge in [-0.3, -0.25) is 0 Å². The van der Waals surface area contributed by atoms with E-state index in [0.717, 1.165) is 48.6 Å². The average Bonchev–Trinajstić information content (AvgIpc) is 3.35. The van der Waals surface area contributed by atoms with Crippen molar-refractivity contribution < 1.29 is 0 Å². The number of aliphatic imine (C=N–C) groups is 1. The smallest absolute Gasteiger partial charge is 0.192 e. The molecule has 27 heavy (non-hydrogen) atoms. The number of nitrogens with one attached hydrogen (secondary N) is 2. The number of aromatic nitrogens is 6. The molecule has 1 aliphatic carbocycles. The molecule has 0 radical (unpaired) electrons. The van der Waals surface area contributed by atoms with Gasteiger partial charge in [0.15, 0.2) is 11.8 Å². The molecule has 1 aliphatic heterocycles. The summed E-state index contributed by atoms with van der Waals surface area (Å²) in [5.74, 6) is 4.58. The van der Waals surface area contributed by atoms with Gasteiger partial charge in [-0.15, -0.1) is 10.2 Å². The Morgan fingerprint density at radius 1 is 1.11 bits per heavy atom. The summed E-state index contributed by atoms with van der Waals surface area (Å²) in [4.78, 5) is 9.31. The zero-order valence-electron chi connectivity index (χ0n) is 16.4. The second-order valence-corrected chi connectivity index (χ2v) is 7.65. The van der Waals surface area contributed by atoms with Crippen molar-refractivity contribution >= 4 is 5.96 Å². The lowest BCUT2D eigenvalue weighted by atomic mass is 10.1. The molecule has 2 aliphatic rings. The molecule has 0 saturated heterocycles. The van der Waals surface area contributed by atoms with Gasteiger partial charge in [-0.25, -0.2) is 14.7 Å². The van der Waals surface area contributed by atoms with Crippen molar-refractivity contribution in [3.05, 3.63) is 23.3 Å². The first-order valence-electron chi connectivity index (χ1n) is 9.91. The van der Waals surface area contributed by atoms with Crippen LogP contribution in [0.3, 0.4) is 0 Å². The van der Waals surface area contributed by atoms with Crippen molar-refractivity contribution in [1.29, 1.82) is 0 Å². The van der Waals surface area contributed by atoms with E-state index in [4.69, 9.17) is 4.99 Å². The molecule has 1 unspecified atom stereocenters. The van der Waals surface area contributed by atoms with Gasteiger partial charge in [0.25, 0.3) is 0 Å². The van der Waals surface area contributed by atoms with Gasteiger partial charge >= 0.3 is 0 Å². The van der Waals surface area contributed by atoms with Crippen LogP contribution in [0.4, 0.5) is 0 Å². The van der Waals surface area contributed by atoms with Crippen LogP contribution in [-0.4, -0.2) is 47.6 Å². The molecule has 2 aromatic rings. The van der Waals surface area contributed by atoms with E-state index in [-0.39, 0.29) is 0 Å². The number of aryl methyl sites for hydroxylation is 3. The van der Waals surface area contributed by atoms with Crippen LogP contribution < -0.4 is 10.6 Å². The number of guanidine groups is 1. The maximum atomic E-state index is 4.81. The summed E-state index contributed by atoms with van der Waals surface area (Å²) in [6.07, 6.45) is 6.98. The summed E-state index contributed by atoms with van der Waals surface area (Å²) in [5, 5.41) is 20.1. The Labute approximate surface area is 159 Å². The van der Waals surface area contributed by atoms with Crippen molar-refractivity contribution in [3.8, 4) is 0 Å². The summed E-state index contributed by atoms with van der Waals surface area (Å²) in [5.41, 5.74) is 0. The number of rotatable bonds is 4. The molecule has 9 heteroatoms. The Bertz CT molecular complexity index is 813. The minimum Gasteiger partial charge on any atom is -0.354 e. The molecule has 3 heterocycles. The zero-order chi connectivity index (χ0) is 18.8. The third-order valence-electron chi connectivity index (χ3n) is 5.56. The highest BCUT2D eigenvalue weighted by Crippen LogP contribution is 2.18. The molecule has 0 amide bonds. The second-order valence-electron chi connectivity index (χ2n) is 7.65. The monoisotopic (exact) mass is 371 g/mol. The molecule has 1 atom stereocenters. The van der Waals surface area contributed by atoms with E-state index in [1.807, 2.05) is 30.1 Å². The molecule has 146 valence electrons. The van der Waals surface area contributed by atoms with Crippen LogP contribution in [0.1, 0.15) is 55.4 Å². The molecule has 4 rings (SSSR count). The van der Waals surface area contributed by atoms with E-state index >= 15 is 0 Å². The highest BCUT2D eigenvalue weighted by atomic mass is 15.4. The SMILES string of the molecule is Cc1nc2n(n1)CC(NC(=NCc1nnc(C)n1C)NC1CCCC1)CC2. The maximum Gasteiger partial charge on any atom is 0.192 e. The predicted molar refractivity (Wildman–Crippen MR) is 102 cm³/mol. The Morgan fingerprint density at radius 2 is 1.89 bits per heavy atom. The summed E-state index contributed by atoms with van der Waals surface area (Å²) in [6.45, 7) is 5.24. The molecule has 9 nitrogen and oxygen atoms in total. The first kappa shape index (κ1) is 17.9. The van der Waals surface area contributed by atoms with Crippen molar-refractivity contribution in [2.24, 2.45) is 12.0 Å². The van der Waals surface area contributed by atoms with Crippen molar-refractivity contribution in [2.75, 3.05) is 0 Å². The highest BCUT2D eigenvalue weighted by Gasteiger charge is 2.23. The first-order chi connectivity index (χ1) is 13.1. The largest absolute Gasteiger partial charge is 0.354 e. The van der Waals surface area contributed by atoms with Crippen molar-refractivity contribution in [2.45, 2.75) is 77.5 Å². The van der Waals surface area contributed by atoms with Crippen LogP contribution in [0.5, 0.6) is 0 Å². The zero-order valence-corrected chi connectivity index (χ0v) is 16.4. The van der Waals surface area contributed by atoms with Gasteiger partial charge in [0.1, 0.15) is 24.0 Å². The quantitative estimate of drug-likeness (QED) is 0.615. The van der Waals surface area contributed by atoms with Crippen LogP contribution in [0.25, 0.3) is 0 Å². The average molecular weight is 371 g/mol. The summed E-state index contributed by atoms with van der Waals surface area (Å²) >= 11 is 0. The van der Waals surface area contributed by atoms with E-state index in [9.17, 15) is 0 Å². The minimum atomic E-state index is 0.299. The van der Waals surface area contributed by atoms with Crippen LogP contribution >= 0.6 is 0 Å². The number of hydrogen-bond acceptors (Lipinski definition) is 5. The van der Waals surface area contributed by atoms with Gasteiger partial charge in [0.2, 0.25) is 0 Å². The summed E-state index contributed by atoms with van der Waals surface area (Å²) in [7, 11) is 1.98. The molecule has 1 fully saturated rings. The molecule has 1 saturated carbocycles. The lowest BCUT2D eigenvalue weighted by Crippen LogP contribution is -2.49. The molecule has 2 aromatic heterocycles. The third-order valence-corrected chi connectivity index (χ3v) is 5.56. The molecular formula is C18H29N9. The van der Waals surface area contributed by atoms with E-state index in [1.54, 1.807) is 0 Å². The van der Waals surface area contributed by atoms with E-state index in [1.165, 1.54) is 25.7 Å². The van der Waals surface area contributed by atoms with Crippen LogP contribution in [0.2, 0.25) is 0 Å². The number of hydrogen-bond donors (Lipinski definition) is 2. The number of nitrogens with zero attached hydrogens (tertiary/aromatic N) is 7. The normalized spacial score (nSPS) is 20.7. The molecule has 2 N–H and O–H groups in total. The lowest BCUT2D eigenvalue weighted by Gasteiger charge is -2.27. The van der Waals surface area contributed by atoms with Gasteiger partial charge in [0.05, 0.1) is 6.54 Å². The third kappa shape index (κ3) is 4.12. The second kappa shape index (κ2) is 7.66. The minimum absolute atomic E-state index is 0.299. The molecule has 0 aromatic carbocycles. The van der Waals surface area contributed by atoms with E-state index in [0.29, 0.717) is 18.6 Å². The fraction of sp³-hybridized carbons (Fsp3) is 0.722. The Morgan fingerprint density at radius 3 is 2.63 bits per heavy atom. The molecule has 0 spiro atoms. The standard InChI is InChI=1S/C18H29N9/c1-12-20-16-9-8-15(11-27(16)25-12)22-18(21-14-6-4-5-7-14)19-10-17-24-23-13(2)26(17)3/h14-15H,4-11H2,1-3H3,(H2,19,21,22). The predicted octanol–water partition coefficient (Wildman–Crippen LogP) is 1.02. The Balaban J connectivity index is 1.45. The summed E-state index contributed by atoms with van der Waals surface area (Å²) < 4.78 is 4.01. The van der Waals surface area contributed by atoms with Gasteiger partial charge < -0.3 is 15.2 Å². The lowest BCUT2D eigenvalue weighted by molar-refractivity contribution is 0.390. The fourth-order valence-corrected chi connectivity index (χ4v) is 3.88. The number of fused-ring (bicyclic) bond motifs is 1. The molecular weight excluding hydrogens is 342 g/mol. The van der Waals surface area contributed by atoms with E-state index in [2.05, 4.69) is 30.9 Å².